The molecule has 0 bridgehead atoms. The van der Waals surface area contributed by atoms with Crippen LogP contribution in [0.2, 0.25) is 0 Å². The second-order valence-electron chi connectivity index (χ2n) is 4.47. The highest BCUT2D eigenvalue weighted by atomic mass is 19.2. The Morgan fingerprint density at radius 3 is 2.73 bits per heavy atom. The lowest BCUT2D eigenvalue weighted by Crippen LogP contribution is -2.26. The number of nitrogens with one attached hydrogen (secondary N) is 1. The number of anilines is 1. The summed E-state index contributed by atoms with van der Waals surface area (Å²) in [5.74, 6) is -1.33. The Labute approximate surface area is 125 Å². The SMILES string of the molecule is N#Cc1ccc(NC[C@H](O)COc2ccc(F)c(F)c2)nc1. The van der Waals surface area contributed by atoms with E-state index in [1.54, 1.807) is 12.1 Å². The predicted octanol–water partition coefficient (Wildman–Crippen LogP) is 2.08. The number of nitriles is 1. The summed E-state index contributed by atoms with van der Waals surface area (Å²) >= 11 is 0. The van der Waals surface area contributed by atoms with Crippen molar-refractivity contribution in [2.24, 2.45) is 0 Å². The smallest absolute Gasteiger partial charge is 0.162 e. The third-order valence-electron chi connectivity index (χ3n) is 2.74. The summed E-state index contributed by atoms with van der Waals surface area (Å²) in [4.78, 5) is 3.98. The number of nitrogens with zero attached hydrogens (tertiary/aromatic N) is 2. The van der Waals surface area contributed by atoms with Gasteiger partial charge < -0.3 is 15.2 Å². The Balaban J connectivity index is 1.78. The number of aliphatic hydroxyl groups excluding tert-OH is 1. The summed E-state index contributed by atoms with van der Waals surface area (Å²) in [5.41, 5.74) is 0.438. The zero-order chi connectivity index (χ0) is 15.9. The van der Waals surface area contributed by atoms with Crippen molar-refractivity contribution in [3.63, 3.8) is 0 Å². The number of aromatic nitrogens is 1. The molecule has 1 heterocycles. The lowest BCUT2D eigenvalue weighted by Gasteiger charge is -2.13. The minimum Gasteiger partial charge on any atom is -0.491 e. The molecular weight excluding hydrogens is 292 g/mol. The number of ether oxygens (including phenoxy) is 1. The van der Waals surface area contributed by atoms with Crippen LogP contribution in [0.25, 0.3) is 0 Å². The van der Waals surface area contributed by atoms with Gasteiger partial charge in [-0.3, -0.25) is 0 Å². The topological polar surface area (TPSA) is 78.2 Å². The van der Waals surface area contributed by atoms with Gasteiger partial charge in [-0.25, -0.2) is 13.8 Å². The lowest BCUT2D eigenvalue weighted by molar-refractivity contribution is 0.117. The molecule has 1 atom stereocenters. The van der Waals surface area contributed by atoms with E-state index >= 15 is 0 Å². The molecular formula is C15H13F2N3O2. The van der Waals surface area contributed by atoms with Gasteiger partial charge in [0.1, 0.15) is 30.3 Å². The van der Waals surface area contributed by atoms with Gasteiger partial charge in [0.2, 0.25) is 0 Å². The van der Waals surface area contributed by atoms with Gasteiger partial charge in [-0.2, -0.15) is 5.26 Å². The highest BCUT2D eigenvalue weighted by Gasteiger charge is 2.08. The highest BCUT2D eigenvalue weighted by molar-refractivity contribution is 5.38. The summed E-state index contributed by atoms with van der Waals surface area (Å²) in [6.07, 6.45) is 0.539. The summed E-state index contributed by atoms with van der Waals surface area (Å²) in [5, 5.41) is 21.3. The van der Waals surface area contributed by atoms with Crippen LogP contribution in [0.4, 0.5) is 14.6 Å². The van der Waals surface area contributed by atoms with Crippen LogP contribution in [-0.2, 0) is 0 Å². The molecule has 0 fully saturated rings. The molecule has 1 aromatic heterocycles. The zero-order valence-corrected chi connectivity index (χ0v) is 11.5. The van der Waals surface area contributed by atoms with Gasteiger partial charge in [0.25, 0.3) is 0 Å². The van der Waals surface area contributed by atoms with Crippen molar-refractivity contribution >= 4 is 5.82 Å². The predicted molar refractivity (Wildman–Crippen MR) is 75.3 cm³/mol. The molecule has 0 amide bonds. The molecule has 2 rings (SSSR count). The molecule has 22 heavy (non-hydrogen) atoms. The van der Waals surface area contributed by atoms with Crippen LogP contribution < -0.4 is 10.1 Å². The third kappa shape index (κ3) is 4.40. The highest BCUT2D eigenvalue weighted by Crippen LogP contribution is 2.15. The van der Waals surface area contributed by atoms with Gasteiger partial charge >= 0.3 is 0 Å². The van der Waals surface area contributed by atoms with E-state index in [-0.39, 0.29) is 18.9 Å². The minimum absolute atomic E-state index is 0.0889. The number of hydrogen-bond acceptors (Lipinski definition) is 5. The molecule has 0 aliphatic heterocycles. The van der Waals surface area contributed by atoms with Gasteiger partial charge in [0.15, 0.2) is 11.6 Å². The number of aliphatic hydroxyl groups is 1. The van der Waals surface area contributed by atoms with Crippen molar-refractivity contribution in [3.8, 4) is 11.8 Å². The second-order valence-corrected chi connectivity index (χ2v) is 4.47. The fourth-order valence-corrected chi connectivity index (χ4v) is 1.60. The first-order chi connectivity index (χ1) is 10.6. The zero-order valence-electron chi connectivity index (χ0n) is 11.5. The quantitative estimate of drug-likeness (QED) is 0.854. The van der Waals surface area contributed by atoms with Gasteiger partial charge in [-0.15, -0.1) is 0 Å². The van der Waals surface area contributed by atoms with E-state index in [0.717, 1.165) is 12.1 Å². The maximum Gasteiger partial charge on any atom is 0.162 e. The molecule has 2 aromatic rings. The van der Waals surface area contributed by atoms with Gasteiger partial charge in [-0.1, -0.05) is 0 Å². The van der Waals surface area contributed by atoms with E-state index < -0.39 is 17.7 Å². The van der Waals surface area contributed by atoms with Crippen molar-refractivity contribution in [3.05, 3.63) is 53.7 Å². The Morgan fingerprint density at radius 1 is 1.27 bits per heavy atom. The molecule has 5 nitrogen and oxygen atoms in total. The van der Waals surface area contributed by atoms with E-state index in [2.05, 4.69) is 10.3 Å². The van der Waals surface area contributed by atoms with E-state index in [1.165, 1.54) is 12.3 Å². The summed E-state index contributed by atoms with van der Waals surface area (Å²) in [6.45, 7) is 0.0664. The third-order valence-corrected chi connectivity index (χ3v) is 2.74. The maximum atomic E-state index is 13.0. The Morgan fingerprint density at radius 2 is 2.09 bits per heavy atom. The normalized spacial score (nSPS) is 11.5. The fraction of sp³-hybridized carbons (Fsp3) is 0.200. The molecule has 114 valence electrons. The maximum absolute atomic E-state index is 13.0. The van der Waals surface area contributed by atoms with Crippen LogP contribution in [0.15, 0.2) is 36.5 Å². The molecule has 0 saturated heterocycles. The standard InChI is InChI=1S/C15H13F2N3O2/c16-13-3-2-12(5-14(13)17)22-9-11(21)8-20-15-4-1-10(6-18)7-19-15/h1-5,7,11,21H,8-9H2,(H,19,20)/t11-/m0/s1. The second kappa shape index (κ2) is 7.33. The molecule has 0 aliphatic carbocycles. The van der Waals surface area contributed by atoms with Crippen molar-refractivity contribution in [1.82, 2.24) is 4.98 Å². The number of pyridine rings is 1. The van der Waals surface area contributed by atoms with E-state index in [0.29, 0.717) is 11.4 Å². The Bertz CT molecular complexity index is 671. The van der Waals surface area contributed by atoms with Gasteiger partial charge in [0, 0.05) is 18.8 Å². The average molecular weight is 305 g/mol. The van der Waals surface area contributed by atoms with Crippen LogP contribution in [-0.4, -0.2) is 29.3 Å². The van der Waals surface area contributed by atoms with Crippen LogP contribution in [0.5, 0.6) is 5.75 Å². The van der Waals surface area contributed by atoms with Gasteiger partial charge in [-0.05, 0) is 24.3 Å². The molecule has 0 aliphatic rings. The molecule has 1 aromatic carbocycles. The first-order valence-electron chi connectivity index (χ1n) is 6.44. The Hall–Kier alpha value is -2.72. The van der Waals surface area contributed by atoms with Crippen molar-refractivity contribution in [2.45, 2.75) is 6.10 Å². The van der Waals surface area contributed by atoms with Gasteiger partial charge in [0.05, 0.1) is 5.56 Å². The van der Waals surface area contributed by atoms with Crippen LogP contribution >= 0.6 is 0 Å². The monoisotopic (exact) mass is 305 g/mol. The number of hydrogen-bond donors (Lipinski definition) is 2. The number of rotatable bonds is 6. The molecule has 0 spiro atoms. The summed E-state index contributed by atoms with van der Waals surface area (Å²) in [7, 11) is 0. The average Bonchev–Trinajstić information content (AvgIpc) is 2.54. The molecule has 0 unspecified atom stereocenters. The lowest BCUT2D eigenvalue weighted by atomic mass is 10.3. The van der Waals surface area contributed by atoms with Crippen molar-refractivity contribution < 1.29 is 18.6 Å². The van der Waals surface area contributed by atoms with Crippen LogP contribution in [0.1, 0.15) is 5.56 Å². The van der Waals surface area contributed by atoms with E-state index in [9.17, 15) is 13.9 Å². The van der Waals surface area contributed by atoms with E-state index in [1.807, 2.05) is 6.07 Å². The van der Waals surface area contributed by atoms with Crippen molar-refractivity contribution in [1.29, 1.82) is 5.26 Å². The summed E-state index contributed by atoms with van der Waals surface area (Å²) in [6, 6.07) is 8.31. The van der Waals surface area contributed by atoms with Crippen molar-refractivity contribution in [2.75, 3.05) is 18.5 Å². The van der Waals surface area contributed by atoms with E-state index in [4.69, 9.17) is 10.00 Å². The summed E-state index contributed by atoms with van der Waals surface area (Å²) < 4.78 is 30.9. The molecule has 7 heteroatoms. The van der Waals surface area contributed by atoms with Crippen LogP contribution in [0, 0.1) is 23.0 Å². The Kier molecular flexibility index (Phi) is 5.22. The molecule has 0 radical (unpaired) electrons. The number of benzene rings is 1. The first-order valence-corrected chi connectivity index (χ1v) is 6.44. The fourth-order valence-electron chi connectivity index (χ4n) is 1.60. The largest absolute Gasteiger partial charge is 0.491 e. The molecule has 2 N–H and O–H groups in total. The first kappa shape index (κ1) is 15.7. The van der Waals surface area contributed by atoms with Crippen LogP contribution in [0.3, 0.4) is 0 Å². The molecule has 0 saturated carbocycles. The number of halogens is 2. The minimum atomic E-state index is -1.01.